The molecule has 0 aliphatic heterocycles. The fourth-order valence-electron chi connectivity index (χ4n) is 1.83. The van der Waals surface area contributed by atoms with E-state index in [2.05, 4.69) is 9.97 Å². The first-order chi connectivity index (χ1) is 7.75. The van der Waals surface area contributed by atoms with Crippen molar-refractivity contribution in [3.05, 3.63) is 46.7 Å². The minimum atomic E-state index is -0.568. The molecule has 3 aromatic rings. The Morgan fingerprint density at radius 3 is 2.94 bits per heavy atom. The van der Waals surface area contributed by atoms with E-state index in [0.717, 1.165) is 16.3 Å². The number of nitrogens with zero attached hydrogens (tertiary/aromatic N) is 2. The second kappa shape index (κ2) is 3.13. The Bertz CT molecular complexity index is 747. The average molecular weight is 212 g/mol. The van der Waals surface area contributed by atoms with Gasteiger partial charge < -0.3 is 4.42 Å². The minimum Gasteiger partial charge on any atom is -0.407 e. The Morgan fingerprint density at radius 2 is 2.06 bits per heavy atom. The van der Waals surface area contributed by atoms with Crippen molar-refractivity contribution in [2.75, 3.05) is 0 Å². The summed E-state index contributed by atoms with van der Waals surface area (Å²) < 4.78 is 5.15. The molecule has 0 spiro atoms. The van der Waals surface area contributed by atoms with Crippen LogP contribution in [0.3, 0.4) is 0 Å². The summed E-state index contributed by atoms with van der Waals surface area (Å²) >= 11 is 0. The van der Waals surface area contributed by atoms with Gasteiger partial charge in [-0.3, -0.25) is 4.98 Å². The molecule has 0 N–H and O–H groups in total. The van der Waals surface area contributed by atoms with Crippen molar-refractivity contribution in [1.29, 1.82) is 0 Å². The third kappa shape index (κ3) is 1.20. The van der Waals surface area contributed by atoms with Crippen LogP contribution in [0.1, 0.15) is 5.69 Å². The number of fused-ring (bicyclic) bond motifs is 3. The molecule has 0 fully saturated rings. The molecule has 0 radical (unpaired) electrons. The van der Waals surface area contributed by atoms with Gasteiger partial charge >= 0.3 is 5.76 Å². The van der Waals surface area contributed by atoms with E-state index in [1.807, 2.05) is 24.3 Å². The maximum Gasteiger partial charge on any atom is 0.439 e. The topological polar surface area (TPSA) is 56.0 Å². The van der Waals surface area contributed by atoms with E-state index >= 15 is 0 Å². The Labute approximate surface area is 90.6 Å². The van der Waals surface area contributed by atoms with Crippen LogP contribution >= 0.6 is 0 Å². The summed E-state index contributed by atoms with van der Waals surface area (Å²) in [7, 11) is 0. The molecule has 2 heterocycles. The molecule has 0 aliphatic rings. The van der Waals surface area contributed by atoms with E-state index in [1.165, 1.54) is 0 Å². The zero-order valence-electron chi connectivity index (χ0n) is 8.60. The first-order valence-electron chi connectivity index (χ1n) is 4.91. The van der Waals surface area contributed by atoms with Gasteiger partial charge in [0, 0.05) is 17.0 Å². The van der Waals surface area contributed by atoms with Crippen molar-refractivity contribution in [3.8, 4) is 0 Å². The lowest BCUT2D eigenvalue weighted by atomic mass is 10.1. The normalized spacial score (nSPS) is 11.1. The predicted octanol–water partition coefficient (Wildman–Crippen LogP) is 2.04. The van der Waals surface area contributed by atoms with Crippen LogP contribution in [0.5, 0.6) is 0 Å². The first-order valence-corrected chi connectivity index (χ1v) is 4.91. The van der Waals surface area contributed by atoms with E-state index in [1.54, 1.807) is 13.1 Å². The van der Waals surface area contributed by atoms with Crippen molar-refractivity contribution in [1.82, 2.24) is 9.97 Å². The number of pyridine rings is 1. The largest absolute Gasteiger partial charge is 0.439 e. The zero-order valence-corrected chi connectivity index (χ0v) is 8.60. The molecule has 0 atom stereocenters. The van der Waals surface area contributed by atoms with Crippen LogP contribution < -0.4 is 5.76 Å². The van der Waals surface area contributed by atoms with Crippen molar-refractivity contribution >= 4 is 21.9 Å². The fraction of sp³-hybridized carbons (Fsp3) is 0.0833. The molecule has 0 bridgehead atoms. The molecule has 0 saturated carbocycles. The Kier molecular flexibility index (Phi) is 1.77. The lowest BCUT2D eigenvalue weighted by molar-refractivity contribution is 0.531. The van der Waals surface area contributed by atoms with E-state index in [9.17, 15) is 4.79 Å². The van der Waals surface area contributed by atoms with Gasteiger partial charge in [-0.2, -0.15) is 4.98 Å². The molecule has 0 saturated heterocycles. The van der Waals surface area contributed by atoms with E-state index in [0.29, 0.717) is 11.3 Å². The molecule has 4 heteroatoms. The van der Waals surface area contributed by atoms with Crippen LogP contribution in [0.2, 0.25) is 0 Å². The summed E-state index contributed by atoms with van der Waals surface area (Å²) in [6.07, 6.45) is 1.71. The van der Waals surface area contributed by atoms with Crippen LogP contribution in [0.15, 0.2) is 39.7 Å². The minimum absolute atomic E-state index is 0.558. The van der Waals surface area contributed by atoms with Crippen LogP contribution in [-0.4, -0.2) is 9.97 Å². The van der Waals surface area contributed by atoms with Crippen LogP contribution in [-0.2, 0) is 0 Å². The predicted molar refractivity (Wildman–Crippen MR) is 60.3 cm³/mol. The molecule has 3 rings (SSSR count). The number of aryl methyl sites for hydroxylation is 1. The van der Waals surface area contributed by atoms with Gasteiger partial charge in [0.1, 0.15) is 0 Å². The number of aromatic nitrogens is 2. The molecule has 1 aromatic carbocycles. The smallest absolute Gasteiger partial charge is 0.407 e. The lowest BCUT2D eigenvalue weighted by Crippen LogP contribution is -2.05. The fourth-order valence-corrected chi connectivity index (χ4v) is 1.83. The highest BCUT2D eigenvalue weighted by atomic mass is 16.4. The van der Waals surface area contributed by atoms with Crippen molar-refractivity contribution in [2.45, 2.75) is 6.92 Å². The van der Waals surface area contributed by atoms with Crippen LogP contribution in [0.25, 0.3) is 21.9 Å². The third-order valence-electron chi connectivity index (χ3n) is 2.57. The second-order valence-corrected chi connectivity index (χ2v) is 3.58. The highest BCUT2D eigenvalue weighted by Crippen LogP contribution is 2.23. The second-order valence-electron chi connectivity index (χ2n) is 3.58. The quantitative estimate of drug-likeness (QED) is 0.535. The zero-order chi connectivity index (χ0) is 11.1. The van der Waals surface area contributed by atoms with Crippen molar-refractivity contribution in [2.24, 2.45) is 0 Å². The Balaban J connectivity index is 2.65. The van der Waals surface area contributed by atoms with Gasteiger partial charge in [-0.05, 0) is 31.2 Å². The number of hydrogen-bond donors (Lipinski definition) is 0. The third-order valence-corrected chi connectivity index (χ3v) is 2.57. The van der Waals surface area contributed by atoms with Gasteiger partial charge in [-0.25, -0.2) is 4.79 Å². The molecule has 0 amide bonds. The molecule has 78 valence electrons. The summed E-state index contributed by atoms with van der Waals surface area (Å²) in [6.45, 7) is 1.79. The van der Waals surface area contributed by atoms with Crippen molar-refractivity contribution in [3.63, 3.8) is 0 Å². The average Bonchev–Trinajstić information content (AvgIpc) is 2.28. The summed E-state index contributed by atoms with van der Waals surface area (Å²) in [5, 5.41) is 1.68. The summed E-state index contributed by atoms with van der Waals surface area (Å²) in [5.41, 5.74) is 2.05. The Hall–Kier alpha value is -2.23. The van der Waals surface area contributed by atoms with Crippen molar-refractivity contribution < 1.29 is 4.42 Å². The SMILES string of the molecule is Cc1nc(=O)oc2c1ccc1ncccc12. The lowest BCUT2D eigenvalue weighted by Gasteiger charge is -2.02. The van der Waals surface area contributed by atoms with Gasteiger partial charge in [0.05, 0.1) is 11.2 Å². The molecule has 16 heavy (non-hydrogen) atoms. The molecule has 2 aromatic heterocycles. The van der Waals surface area contributed by atoms with Gasteiger partial charge in [0.15, 0.2) is 5.58 Å². The summed E-state index contributed by atoms with van der Waals surface area (Å²) in [5.74, 6) is -0.568. The maximum atomic E-state index is 11.2. The number of rotatable bonds is 0. The van der Waals surface area contributed by atoms with E-state index in [4.69, 9.17) is 4.42 Å². The van der Waals surface area contributed by atoms with Gasteiger partial charge in [-0.15, -0.1) is 0 Å². The Morgan fingerprint density at radius 1 is 1.19 bits per heavy atom. The monoisotopic (exact) mass is 212 g/mol. The van der Waals surface area contributed by atoms with Crippen LogP contribution in [0, 0.1) is 6.92 Å². The maximum absolute atomic E-state index is 11.2. The molecule has 0 aliphatic carbocycles. The molecular weight excluding hydrogens is 204 g/mol. The number of benzene rings is 1. The summed E-state index contributed by atoms with van der Waals surface area (Å²) in [4.78, 5) is 19.2. The highest BCUT2D eigenvalue weighted by Gasteiger charge is 2.07. The highest BCUT2D eigenvalue weighted by molar-refractivity contribution is 6.02. The van der Waals surface area contributed by atoms with E-state index < -0.39 is 5.76 Å². The van der Waals surface area contributed by atoms with Crippen LogP contribution in [0.4, 0.5) is 0 Å². The molecular formula is C12H8N2O2. The molecule has 4 nitrogen and oxygen atoms in total. The summed E-state index contributed by atoms with van der Waals surface area (Å²) in [6, 6.07) is 7.47. The van der Waals surface area contributed by atoms with Gasteiger partial charge in [0.2, 0.25) is 0 Å². The number of hydrogen-bond acceptors (Lipinski definition) is 4. The molecule has 0 unspecified atom stereocenters. The van der Waals surface area contributed by atoms with Gasteiger partial charge in [0.25, 0.3) is 0 Å². The standard InChI is InChI=1S/C12H8N2O2/c1-7-8-4-5-10-9(3-2-6-13-10)11(8)16-12(15)14-7/h2-6H,1H3. The first kappa shape index (κ1) is 9.03. The van der Waals surface area contributed by atoms with E-state index in [-0.39, 0.29) is 0 Å². The van der Waals surface area contributed by atoms with Gasteiger partial charge in [-0.1, -0.05) is 0 Å².